The Hall–Kier alpha value is -1.02. The molecule has 0 amide bonds. The maximum atomic E-state index is 7.97. The molecule has 1 fully saturated rings. The van der Waals surface area contributed by atoms with Crippen molar-refractivity contribution in [1.82, 2.24) is 4.90 Å². The standard InChI is InChI=1S/C13H20N2/c1-11-3-2-9-15(11)10-8-12-4-6-13(14)7-5-12/h4-7,11H,2-3,8-10,14H2,1H3/t11-/m1/s1/i1D,9D2. The van der Waals surface area contributed by atoms with Crippen molar-refractivity contribution in [3.63, 3.8) is 0 Å². The predicted octanol–water partition coefficient (Wildman–Crippen LogP) is 2.30. The molecule has 1 aromatic carbocycles. The van der Waals surface area contributed by atoms with Crippen molar-refractivity contribution >= 4 is 5.69 Å². The van der Waals surface area contributed by atoms with E-state index in [4.69, 9.17) is 9.85 Å². The summed E-state index contributed by atoms with van der Waals surface area (Å²) in [5.74, 6) is 0. The van der Waals surface area contributed by atoms with Crippen LogP contribution in [0.4, 0.5) is 5.69 Å². The van der Waals surface area contributed by atoms with E-state index in [0.717, 1.165) is 24.1 Å². The maximum absolute atomic E-state index is 7.97. The summed E-state index contributed by atoms with van der Waals surface area (Å²) in [6, 6.07) is 7.77. The Kier molecular flexibility index (Phi) is 2.27. The van der Waals surface area contributed by atoms with Crippen LogP contribution >= 0.6 is 0 Å². The Balaban J connectivity index is 1.97. The van der Waals surface area contributed by atoms with E-state index in [1.165, 1.54) is 0 Å². The predicted molar refractivity (Wildman–Crippen MR) is 64.8 cm³/mol. The minimum atomic E-state index is -1.25. The van der Waals surface area contributed by atoms with Crippen LogP contribution in [0, 0.1) is 0 Å². The molecule has 2 N–H and O–H groups in total. The van der Waals surface area contributed by atoms with E-state index in [0.29, 0.717) is 13.0 Å². The summed E-state index contributed by atoms with van der Waals surface area (Å²) in [5.41, 5.74) is 7.55. The van der Waals surface area contributed by atoms with Crippen LogP contribution in [-0.2, 0) is 6.42 Å². The number of hydrogen-bond donors (Lipinski definition) is 1. The summed E-state index contributed by atoms with van der Waals surface area (Å²) in [6.45, 7) is -0.304. The van der Waals surface area contributed by atoms with Crippen molar-refractivity contribution in [3.8, 4) is 0 Å². The van der Waals surface area contributed by atoms with Gasteiger partial charge in [-0.15, -0.1) is 0 Å². The molecule has 2 heteroatoms. The van der Waals surface area contributed by atoms with Crippen LogP contribution in [0.1, 0.15) is 29.4 Å². The zero-order chi connectivity index (χ0) is 13.2. The van der Waals surface area contributed by atoms with Crippen LogP contribution in [0.2, 0.25) is 0 Å². The van der Waals surface area contributed by atoms with E-state index in [1.54, 1.807) is 0 Å². The minimum Gasteiger partial charge on any atom is -0.399 e. The van der Waals surface area contributed by atoms with Crippen molar-refractivity contribution in [1.29, 1.82) is 0 Å². The molecule has 0 spiro atoms. The molecule has 82 valence electrons. The van der Waals surface area contributed by atoms with E-state index in [2.05, 4.69) is 0 Å². The monoisotopic (exact) mass is 207 g/mol. The molecule has 1 saturated heterocycles. The Labute approximate surface area is 96.3 Å². The molecule has 0 aliphatic carbocycles. The second-order valence-corrected chi connectivity index (χ2v) is 4.04. The molecule has 0 radical (unpaired) electrons. The van der Waals surface area contributed by atoms with Gasteiger partial charge in [-0.1, -0.05) is 12.1 Å². The molecular weight excluding hydrogens is 184 g/mol. The van der Waals surface area contributed by atoms with Crippen LogP contribution in [0.3, 0.4) is 0 Å². The van der Waals surface area contributed by atoms with Crippen molar-refractivity contribution in [2.75, 3.05) is 18.8 Å². The fourth-order valence-corrected chi connectivity index (χ4v) is 1.86. The Morgan fingerprint density at radius 1 is 1.53 bits per heavy atom. The van der Waals surface area contributed by atoms with E-state index < -0.39 is 6.50 Å². The average Bonchev–Trinajstić information content (AvgIpc) is 2.63. The smallest absolute Gasteiger partial charge is 0.0431 e. The highest BCUT2D eigenvalue weighted by atomic mass is 15.2. The molecule has 15 heavy (non-hydrogen) atoms. The third kappa shape index (κ3) is 2.72. The zero-order valence-electron chi connectivity index (χ0n) is 11.9. The van der Waals surface area contributed by atoms with E-state index in [-0.39, 0.29) is 12.9 Å². The molecule has 0 bridgehead atoms. The highest BCUT2D eigenvalue weighted by Gasteiger charge is 2.19. The number of rotatable bonds is 3. The van der Waals surface area contributed by atoms with Gasteiger partial charge in [0.1, 0.15) is 0 Å². The molecule has 2 nitrogen and oxygen atoms in total. The van der Waals surface area contributed by atoms with Gasteiger partial charge in [0.05, 0.1) is 0 Å². The SMILES string of the molecule is [2H]C[C@@H]1CCC([2H])([2H])N1CCc1ccc(N)cc1. The number of nitrogen functional groups attached to an aromatic ring is 1. The largest absolute Gasteiger partial charge is 0.399 e. The lowest BCUT2D eigenvalue weighted by Gasteiger charge is -2.20. The molecule has 1 aliphatic heterocycles. The number of likely N-dealkylation sites (tertiary alicyclic amines) is 1. The average molecular weight is 207 g/mol. The van der Waals surface area contributed by atoms with Gasteiger partial charge in [-0.2, -0.15) is 0 Å². The summed E-state index contributed by atoms with van der Waals surface area (Å²) < 4.78 is 23.4. The Morgan fingerprint density at radius 2 is 2.33 bits per heavy atom. The van der Waals surface area contributed by atoms with Gasteiger partial charge in [0.2, 0.25) is 0 Å². The molecule has 1 heterocycles. The van der Waals surface area contributed by atoms with Gasteiger partial charge in [0, 0.05) is 22.4 Å². The molecule has 2 rings (SSSR count). The van der Waals surface area contributed by atoms with Gasteiger partial charge in [0.25, 0.3) is 0 Å². The van der Waals surface area contributed by atoms with Gasteiger partial charge in [0.15, 0.2) is 0 Å². The molecule has 0 unspecified atom stereocenters. The number of hydrogen-bond acceptors (Lipinski definition) is 2. The lowest BCUT2D eigenvalue weighted by atomic mass is 10.1. The van der Waals surface area contributed by atoms with Gasteiger partial charge < -0.3 is 10.6 Å². The Morgan fingerprint density at radius 3 is 3.07 bits per heavy atom. The lowest BCUT2D eigenvalue weighted by Crippen LogP contribution is -2.28. The second kappa shape index (κ2) is 4.67. The normalized spacial score (nSPS) is 28.3. The van der Waals surface area contributed by atoms with Crippen LogP contribution in [0.15, 0.2) is 24.3 Å². The first kappa shape index (κ1) is 7.29. The van der Waals surface area contributed by atoms with Gasteiger partial charge >= 0.3 is 0 Å². The molecule has 1 aromatic rings. The van der Waals surface area contributed by atoms with E-state index >= 15 is 0 Å². The highest BCUT2D eigenvalue weighted by molar-refractivity contribution is 5.39. The third-order valence-corrected chi connectivity index (χ3v) is 2.85. The zero-order valence-corrected chi connectivity index (χ0v) is 8.95. The maximum Gasteiger partial charge on any atom is 0.0431 e. The first-order valence-corrected chi connectivity index (χ1v) is 5.43. The second-order valence-electron chi connectivity index (χ2n) is 4.04. The number of nitrogens with zero attached hydrogens (tertiary/aromatic N) is 1. The molecule has 0 saturated carbocycles. The summed E-state index contributed by atoms with van der Waals surface area (Å²) in [4.78, 5) is 1.84. The summed E-state index contributed by atoms with van der Waals surface area (Å²) in [5, 5.41) is 0. The van der Waals surface area contributed by atoms with Gasteiger partial charge in [-0.25, -0.2) is 0 Å². The quantitative estimate of drug-likeness (QED) is 0.771. The van der Waals surface area contributed by atoms with E-state index in [1.807, 2.05) is 29.2 Å². The molecular formula is C13H20N2. The topological polar surface area (TPSA) is 29.3 Å². The number of nitrogens with two attached hydrogens (primary N) is 1. The summed E-state index contributed by atoms with van der Waals surface area (Å²) in [6.07, 6.45) is 2.13. The molecule has 0 aromatic heterocycles. The van der Waals surface area contributed by atoms with Crippen LogP contribution in [0.25, 0.3) is 0 Å². The fraction of sp³-hybridized carbons (Fsp3) is 0.538. The first-order valence-electron chi connectivity index (χ1n) is 7.14. The first-order chi connectivity index (χ1) is 8.53. The van der Waals surface area contributed by atoms with Crippen molar-refractivity contribution in [2.45, 2.75) is 32.2 Å². The van der Waals surface area contributed by atoms with Crippen LogP contribution < -0.4 is 5.73 Å². The van der Waals surface area contributed by atoms with Crippen molar-refractivity contribution in [2.24, 2.45) is 0 Å². The van der Waals surface area contributed by atoms with Crippen molar-refractivity contribution < 1.29 is 4.11 Å². The number of anilines is 1. The highest BCUT2D eigenvalue weighted by Crippen LogP contribution is 2.17. The van der Waals surface area contributed by atoms with Gasteiger partial charge in [-0.3, -0.25) is 0 Å². The lowest BCUT2D eigenvalue weighted by molar-refractivity contribution is 0.272. The van der Waals surface area contributed by atoms with Crippen LogP contribution in [-0.4, -0.2) is 24.0 Å². The summed E-state index contributed by atoms with van der Waals surface area (Å²) in [7, 11) is 0. The third-order valence-electron chi connectivity index (χ3n) is 2.85. The molecule has 1 atom stereocenters. The van der Waals surface area contributed by atoms with Gasteiger partial charge in [-0.05, 0) is 50.4 Å². The summed E-state index contributed by atoms with van der Waals surface area (Å²) >= 11 is 0. The number of benzene rings is 1. The fourth-order valence-electron chi connectivity index (χ4n) is 1.86. The van der Waals surface area contributed by atoms with Crippen molar-refractivity contribution in [3.05, 3.63) is 29.8 Å². The Bertz CT molecular complexity index is 392. The van der Waals surface area contributed by atoms with E-state index in [9.17, 15) is 0 Å². The molecule has 1 aliphatic rings. The van der Waals surface area contributed by atoms with Crippen LogP contribution in [0.5, 0.6) is 0 Å². The minimum absolute atomic E-state index is 0.0637.